The summed E-state index contributed by atoms with van der Waals surface area (Å²) < 4.78 is 12.1. The summed E-state index contributed by atoms with van der Waals surface area (Å²) >= 11 is 0. The molecule has 0 aromatic heterocycles. The molecule has 55 heavy (non-hydrogen) atoms. The van der Waals surface area contributed by atoms with E-state index in [1.807, 2.05) is 0 Å². The van der Waals surface area contributed by atoms with E-state index in [1.165, 1.54) is 206 Å². The third kappa shape index (κ3) is 39.9. The fourth-order valence-electron chi connectivity index (χ4n) is 8.11. The van der Waals surface area contributed by atoms with Crippen LogP contribution in [0.5, 0.6) is 0 Å². The lowest BCUT2D eigenvalue weighted by Crippen LogP contribution is -2.27. The van der Waals surface area contributed by atoms with Crippen LogP contribution in [0.1, 0.15) is 259 Å². The molecule has 2 unspecified atom stereocenters. The van der Waals surface area contributed by atoms with E-state index in [9.17, 15) is 9.90 Å². The highest BCUT2D eigenvalue weighted by Crippen LogP contribution is 2.22. The summed E-state index contributed by atoms with van der Waals surface area (Å²) in [7, 11) is 0. The highest BCUT2D eigenvalue weighted by molar-refractivity contribution is 5.72. The quantitative estimate of drug-likeness (QED) is 0.0492. The normalized spacial score (nSPS) is 12.8. The van der Waals surface area contributed by atoms with Crippen LogP contribution in [0.4, 0.5) is 0 Å². The molecule has 0 fully saturated rings. The van der Waals surface area contributed by atoms with Gasteiger partial charge in [-0.15, -0.1) is 0 Å². The second-order valence-corrected chi connectivity index (χ2v) is 17.4. The lowest BCUT2D eigenvalue weighted by molar-refractivity contribution is -0.149. The molecule has 0 saturated carbocycles. The minimum absolute atomic E-state index is 0.0782. The highest BCUT2D eigenvalue weighted by atomic mass is 16.5. The zero-order valence-corrected chi connectivity index (χ0v) is 38.2. The van der Waals surface area contributed by atoms with Crippen molar-refractivity contribution in [2.75, 3.05) is 46.1 Å². The first-order valence-corrected chi connectivity index (χ1v) is 25.2. The van der Waals surface area contributed by atoms with Gasteiger partial charge in [-0.25, -0.2) is 0 Å². The first-order valence-electron chi connectivity index (χ1n) is 25.2. The summed E-state index contributed by atoms with van der Waals surface area (Å²) in [4.78, 5) is 15.7. The lowest BCUT2D eigenvalue weighted by Gasteiger charge is -2.22. The molecule has 0 heterocycles. The molecule has 0 aromatic rings. The van der Waals surface area contributed by atoms with E-state index in [4.69, 9.17) is 9.47 Å². The first kappa shape index (κ1) is 54.3. The summed E-state index contributed by atoms with van der Waals surface area (Å²) in [6.45, 7) is 15.5. The third-order valence-electron chi connectivity index (χ3n) is 11.9. The molecule has 0 aliphatic heterocycles. The Balaban J connectivity index is 4.39. The molecule has 0 spiro atoms. The average molecular weight is 780 g/mol. The minimum atomic E-state index is 0.0782. The van der Waals surface area contributed by atoms with Crippen LogP contribution < -0.4 is 0 Å². The van der Waals surface area contributed by atoms with Gasteiger partial charge in [0.15, 0.2) is 0 Å². The van der Waals surface area contributed by atoms with E-state index in [1.54, 1.807) is 0 Å². The molecule has 5 nitrogen and oxygen atoms in total. The molecular weight excluding hydrogens is 679 g/mol. The Morgan fingerprint density at radius 3 is 1.27 bits per heavy atom. The van der Waals surface area contributed by atoms with Gasteiger partial charge in [-0.05, 0) is 89.8 Å². The van der Waals surface area contributed by atoms with E-state index in [-0.39, 0.29) is 11.9 Å². The Morgan fingerprint density at radius 1 is 0.436 bits per heavy atom. The molecular formula is C50H101NO4. The van der Waals surface area contributed by atoms with Crippen LogP contribution in [0.25, 0.3) is 0 Å². The first-order chi connectivity index (χ1) is 27.1. The van der Waals surface area contributed by atoms with Crippen molar-refractivity contribution >= 4 is 5.97 Å². The van der Waals surface area contributed by atoms with E-state index >= 15 is 0 Å². The largest absolute Gasteiger partial charge is 0.465 e. The fourth-order valence-corrected chi connectivity index (χ4v) is 8.11. The number of nitrogens with zero attached hydrogens (tertiary/aromatic N) is 1. The summed E-state index contributed by atoms with van der Waals surface area (Å²) in [5.41, 5.74) is 0. The Hall–Kier alpha value is -0.650. The third-order valence-corrected chi connectivity index (χ3v) is 11.9. The van der Waals surface area contributed by atoms with Crippen LogP contribution in [0.15, 0.2) is 0 Å². The van der Waals surface area contributed by atoms with Gasteiger partial charge < -0.3 is 19.5 Å². The van der Waals surface area contributed by atoms with Crippen molar-refractivity contribution in [3.05, 3.63) is 0 Å². The molecule has 0 rings (SSSR count). The van der Waals surface area contributed by atoms with E-state index in [0.29, 0.717) is 13.2 Å². The number of esters is 1. The Kier molecular flexibility index (Phi) is 45.5. The van der Waals surface area contributed by atoms with Gasteiger partial charge in [0.05, 0.1) is 12.5 Å². The van der Waals surface area contributed by atoms with Crippen LogP contribution in [-0.4, -0.2) is 62.0 Å². The number of hydrogen-bond donors (Lipinski definition) is 1. The molecule has 0 aliphatic rings. The Bertz CT molecular complexity index is 733. The minimum Gasteiger partial charge on any atom is -0.465 e. The van der Waals surface area contributed by atoms with Crippen LogP contribution in [0.3, 0.4) is 0 Å². The summed E-state index contributed by atoms with van der Waals surface area (Å²) in [5, 5.41) is 9.18. The number of ether oxygens (including phenoxy) is 2. The smallest absolute Gasteiger partial charge is 0.308 e. The van der Waals surface area contributed by atoms with E-state index in [2.05, 4.69) is 32.6 Å². The van der Waals surface area contributed by atoms with Gasteiger partial charge in [0.25, 0.3) is 0 Å². The number of hydrogen-bond acceptors (Lipinski definition) is 5. The highest BCUT2D eigenvalue weighted by Gasteiger charge is 2.19. The second-order valence-electron chi connectivity index (χ2n) is 17.4. The maximum absolute atomic E-state index is 13.0. The topological polar surface area (TPSA) is 59.0 Å². The predicted molar refractivity (Wildman–Crippen MR) is 241 cm³/mol. The molecule has 1 N–H and O–H groups in total. The van der Waals surface area contributed by atoms with Gasteiger partial charge in [-0.1, -0.05) is 195 Å². The molecule has 0 bridgehead atoms. The lowest BCUT2D eigenvalue weighted by atomic mass is 9.94. The van der Waals surface area contributed by atoms with Crippen LogP contribution in [-0.2, 0) is 14.3 Å². The van der Waals surface area contributed by atoms with Crippen molar-refractivity contribution < 1.29 is 19.4 Å². The van der Waals surface area contributed by atoms with Crippen molar-refractivity contribution in [1.82, 2.24) is 4.90 Å². The molecule has 0 amide bonds. The molecule has 2 atom stereocenters. The predicted octanol–water partition coefficient (Wildman–Crippen LogP) is 15.2. The Morgan fingerprint density at radius 2 is 0.800 bits per heavy atom. The SMILES string of the molecule is CCCCCCCCC(CCCCCC)COCCCCCCN(CCCCCCO)CCCCCCOC(=O)C(CCCCCC)CCCCCCCC. The van der Waals surface area contributed by atoms with Gasteiger partial charge in [0, 0.05) is 19.8 Å². The number of rotatable bonds is 47. The zero-order valence-electron chi connectivity index (χ0n) is 38.2. The van der Waals surface area contributed by atoms with E-state index < -0.39 is 0 Å². The number of unbranched alkanes of at least 4 members (excludes halogenated alkanes) is 25. The monoisotopic (exact) mass is 780 g/mol. The maximum Gasteiger partial charge on any atom is 0.308 e. The fraction of sp³-hybridized carbons (Fsp3) is 0.980. The molecule has 0 radical (unpaired) electrons. The average Bonchev–Trinajstić information content (AvgIpc) is 3.19. The molecule has 0 saturated heterocycles. The standard InChI is InChI=1S/C50H101NO4/c1-5-9-13-17-19-28-38-48(37-27-15-11-7-3)47-54-45-35-25-22-32-42-51(41-31-21-24-34-44-52)43-33-23-26-36-46-55-50(53)49(39-29-16-12-8-4)40-30-20-18-14-10-6-2/h48-49,52H,5-47H2,1-4H3. The maximum atomic E-state index is 13.0. The zero-order chi connectivity index (χ0) is 40.1. The molecule has 0 aliphatic carbocycles. The van der Waals surface area contributed by atoms with Gasteiger partial charge >= 0.3 is 5.97 Å². The van der Waals surface area contributed by atoms with E-state index in [0.717, 1.165) is 64.1 Å². The van der Waals surface area contributed by atoms with Crippen molar-refractivity contribution in [2.24, 2.45) is 11.8 Å². The van der Waals surface area contributed by atoms with Gasteiger partial charge in [-0.3, -0.25) is 4.79 Å². The number of carbonyl (C=O) groups is 1. The van der Waals surface area contributed by atoms with Crippen molar-refractivity contribution in [1.29, 1.82) is 0 Å². The summed E-state index contributed by atoms with van der Waals surface area (Å²) in [6.07, 6.45) is 45.3. The Labute approximate surface area is 346 Å². The van der Waals surface area contributed by atoms with Gasteiger partial charge in [0.2, 0.25) is 0 Å². The van der Waals surface area contributed by atoms with Crippen LogP contribution >= 0.6 is 0 Å². The number of carbonyl (C=O) groups excluding carboxylic acids is 1. The van der Waals surface area contributed by atoms with Gasteiger partial charge in [-0.2, -0.15) is 0 Å². The number of aliphatic hydroxyl groups excluding tert-OH is 1. The van der Waals surface area contributed by atoms with Crippen LogP contribution in [0.2, 0.25) is 0 Å². The summed E-state index contributed by atoms with van der Waals surface area (Å²) in [5.74, 6) is 0.953. The second kappa shape index (κ2) is 46.0. The molecule has 5 heteroatoms. The number of aliphatic hydroxyl groups is 1. The van der Waals surface area contributed by atoms with Crippen molar-refractivity contribution in [3.8, 4) is 0 Å². The summed E-state index contributed by atoms with van der Waals surface area (Å²) in [6, 6.07) is 0. The van der Waals surface area contributed by atoms with Crippen molar-refractivity contribution in [3.63, 3.8) is 0 Å². The van der Waals surface area contributed by atoms with Crippen molar-refractivity contribution in [2.45, 2.75) is 259 Å². The van der Waals surface area contributed by atoms with Crippen LogP contribution in [0, 0.1) is 11.8 Å². The molecule has 0 aromatic carbocycles. The van der Waals surface area contributed by atoms with Gasteiger partial charge in [0.1, 0.15) is 0 Å². The molecule has 330 valence electrons.